The summed E-state index contributed by atoms with van der Waals surface area (Å²) in [5.74, 6) is 0.786. The third kappa shape index (κ3) is 6.83. The SMILES string of the molecule is CC(C)(C)c1ccc(CCNC(=O)c2ccc(-c3ccc(OCc4ccccc4)cc3)cc2)cc1. The summed E-state index contributed by atoms with van der Waals surface area (Å²) in [5, 5.41) is 3.03. The van der Waals surface area contributed by atoms with E-state index in [2.05, 4.69) is 62.5 Å². The van der Waals surface area contributed by atoms with Gasteiger partial charge in [0, 0.05) is 12.1 Å². The van der Waals surface area contributed by atoms with Crippen LogP contribution in [0, 0.1) is 0 Å². The second-order valence-electron chi connectivity index (χ2n) is 9.83. The molecule has 0 saturated heterocycles. The summed E-state index contributed by atoms with van der Waals surface area (Å²) in [6.45, 7) is 7.80. The molecule has 1 N–H and O–H groups in total. The first-order chi connectivity index (χ1) is 16.9. The molecular weight excluding hydrogens is 430 g/mol. The molecule has 1 amide bonds. The van der Waals surface area contributed by atoms with E-state index in [9.17, 15) is 4.79 Å². The normalized spacial score (nSPS) is 11.2. The molecule has 0 aliphatic rings. The molecule has 4 aromatic carbocycles. The molecule has 35 heavy (non-hydrogen) atoms. The van der Waals surface area contributed by atoms with Gasteiger partial charge in [-0.3, -0.25) is 4.79 Å². The Morgan fingerprint density at radius 1 is 0.714 bits per heavy atom. The molecule has 178 valence electrons. The lowest BCUT2D eigenvalue weighted by Crippen LogP contribution is -2.25. The minimum atomic E-state index is -0.0486. The lowest BCUT2D eigenvalue weighted by molar-refractivity contribution is 0.0954. The van der Waals surface area contributed by atoms with E-state index in [1.54, 1.807) is 0 Å². The predicted molar refractivity (Wildman–Crippen MR) is 144 cm³/mol. The van der Waals surface area contributed by atoms with Gasteiger partial charge < -0.3 is 10.1 Å². The van der Waals surface area contributed by atoms with E-state index in [-0.39, 0.29) is 11.3 Å². The van der Waals surface area contributed by atoms with E-state index < -0.39 is 0 Å². The lowest BCUT2D eigenvalue weighted by Gasteiger charge is -2.19. The number of carbonyl (C=O) groups excluding carboxylic acids is 1. The highest BCUT2D eigenvalue weighted by molar-refractivity contribution is 5.94. The third-order valence-corrected chi connectivity index (χ3v) is 6.10. The van der Waals surface area contributed by atoms with Crippen LogP contribution in [0.2, 0.25) is 0 Å². The number of hydrogen-bond donors (Lipinski definition) is 1. The fourth-order valence-corrected chi connectivity index (χ4v) is 3.89. The van der Waals surface area contributed by atoms with Crippen molar-refractivity contribution in [3.8, 4) is 16.9 Å². The van der Waals surface area contributed by atoms with E-state index in [4.69, 9.17) is 4.74 Å². The molecule has 3 heteroatoms. The van der Waals surface area contributed by atoms with Crippen molar-refractivity contribution >= 4 is 5.91 Å². The molecule has 0 radical (unpaired) electrons. The Hall–Kier alpha value is -3.85. The molecule has 3 nitrogen and oxygen atoms in total. The van der Waals surface area contributed by atoms with Crippen molar-refractivity contribution in [2.45, 2.75) is 39.2 Å². The maximum atomic E-state index is 12.6. The molecule has 0 aliphatic carbocycles. The molecule has 0 aromatic heterocycles. The zero-order valence-corrected chi connectivity index (χ0v) is 20.8. The van der Waals surface area contributed by atoms with E-state index in [0.717, 1.165) is 28.9 Å². The minimum Gasteiger partial charge on any atom is -0.489 e. The molecule has 0 heterocycles. The summed E-state index contributed by atoms with van der Waals surface area (Å²) >= 11 is 0. The van der Waals surface area contributed by atoms with E-state index in [1.165, 1.54) is 11.1 Å². The second kappa shape index (κ2) is 11.1. The van der Waals surface area contributed by atoms with Gasteiger partial charge in [0.2, 0.25) is 0 Å². The first kappa shape index (κ1) is 24.3. The summed E-state index contributed by atoms with van der Waals surface area (Å²) in [7, 11) is 0. The summed E-state index contributed by atoms with van der Waals surface area (Å²) in [5.41, 5.74) is 6.66. The smallest absolute Gasteiger partial charge is 0.251 e. The number of nitrogens with one attached hydrogen (secondary N) is 1. The number of carbonyl (C=O) groups is 1. The lowest BCUT2D eigenvalue weighted by atomic mass is 9.86. The van der Waals surface area contributed by atoms with Crippen molar-refractivity contribution < 1.29 is 9.53 Å². The van der Waals surface area contributed by atoms with Gasteiger partial charge in [-0.1, -0.05) is 99.6 Å². The quantitative estimate of drug-likeness (QED) is 0.300. The van der Waals surface area contributed by atoms with Gasteiger partial charge in [0.25, 0.3) is 5.91 Å². The summed E-state index contributed by atoms with van der Waals surface area (Å²) in [6.07, 6.45) is 0.812. The monoisotopic (exact) mass is 463 g/mol. The highest BCUT2D eigenvalue weighted by Crippen LogP contribution is 2.24. The van der Waals surface area contributed by atoms with Crippen molar-refractivity contribution in [3.63, 3.8) is 0 Å². The van der Waals surface area contributed by atoms with Crippen molar-refractivity contribution in [1.29, 1.82) is 0 Å². The largest absolute Gasteiger partial charge is 0.489 e. The van der Waals surface area contributed by atoms with Crippen LogP contribution in [-0.4, -0.2) is 12.5 Å². The van der Waals surface area contributed by atoms with Crippen molar-refractivity contribution in [3.05, 3.63) is 125 Å². The average molecular weight is 464 g/mol. The second-order valence-corrected chi connectivity index (χ2v) is 9.83. The topological polar surface area (TPSA) is 38.3 Å². The van der Waals surface area contributed by atoms with Crippen LogP contribution in [0.5, 0.6) is 5.75 Å². The Morgan fingerprint density at radius 2 is 1.31 bits per heavy atom. The van der Waals surface area contributed by atoms with Crippen LogP contribution in [0.4, 0.5) is 0 Å². The van der Waals surface area contributed by atoms with Crippen LogP contribution < -0.4 is 10.1 Å². The Balaban J connectivity index is 1.27. The Bertz CT molecular complexity index is 1220. The molecule has 0 unspecified atom stereocenters. The van der Waals surface area contributed by atoms with Crippen LogP contribution in [-0.2, 0) is 18.4 Å². The van der Waals surface area contributed by atoms with Crippen molar-refractivity contribution in [1.82, 2.24) is 5.32 Å². The average Bonchev–Trinajstić information content (AvgIpc) is 2.88. The third-order valence-electron chi connectivity index (χ3n) is 6.10. The fourth-order valence-electron chi connectivity index (χ4n) is 3.89. The molecule has 4 rings (SSSR count). The van der Waals surface area contributed by atoms with Gasteiger partial charge in [-0.15, -0.1) is 0 Å². The van der Waals surface area contributed by atoms with Gasteiger partial charge in [-0.2, -0.15) is 0 Å². The summed E-state index contributed by atoms with van der Waals surface area (Å²) in [6, 6.07) is 34.6. The highest BCUT2D eigenvalue weighted by atomic mass is 16.5. The molecule has 4 aromatic rings. The predicted octanol–water partition coefficient (Wildman–Crippen LogP) is 7.20. The van der Waals surface area contributed by atoms with Gasteiger partial charge in [0.15, 0.2) is 0 Å². The maximum absolute atomic E-state index is 12.6. The van der Waals surface area contributed by atoms with E-state index in [0.29, 0.717) is 18.7 Å². The number of hydrogen-bond acceptors (Lipinski definition) is 2. The van der Waals surface area contributed by atoms with Crippen LogP contribution in [0.15, 0.2) is 103 Å². The van der Waals surface area contributed by atoms with Crippen molar-refractivity contribution in [2.24, 2.45) is 0 Å². The van der Waals surface area contributed by atoms with Gasteiger partial charge in [0.1, 0.15) is 12.4 Å². The zero-order valence-electron chi connectivity index (χ0n) is 20.8. The van der Waals surface area contributed by atoms with Crippen molar-refractivity contribution in [2.75, 3.05) is 6.54 Å². The Morgan fingerprint density at radius 3 is 1.91 bits per heavy atom. The van der Waals surface area contributed by atoms with Gasteiger partial charge in [-0.25, -0.2) is 0 Å². The number of benzene rings is 4. The Labute approximate surface area is 208 Å². The fraction of sp³-hybridized carbons (Fsp3) is 0.219. The van der Waals surface area contributed by atoms with E-state index >= 15 is 0 Å². The number of rotatable bonds is 8. The molecule has 0 spiro atoms. The molecule has 0 saturated carbocycles. The van der Waals surface area contributed by atoms with Crippen LogP contribution >= 0.6 is 0 Å². The van der Waals surface area contributed by atoms with Crippen LogP contribution in [0.3, 0.4) is 0 Å². The van der Waals surface area contributed by atoms with E-state index in [1.807, 2.05) is 66.7 Å². The summed E-state index contributed by atoms with van der Waals surface area (Å²) < 4.78 is 5.87. The molecule has 0 fully saturated rings. The summed E-state index contributed by atoms with van der Waals surface area (Å²) in [4.78, 5) is 12.6. The zero-order chi connectivity index (χ0) is 24.7. The first-order valence-electron chi connectivity index (χ1n) is 12.1. The molecule has 0 aliphatic heterocycles. The first-order valence-corrected chi connectivity index (χ1v) is 12.1. The maximum Gasteiger partial charge on any atom is 0.251 e. The molecule has 0 atom stereocenters. The highest BCUT2D eigenvalue weighted by Gasteiger charge is 2.13. The van der Waals surface area contributed by atoms with Gasteiger partial charge >= 0.3 is 0 Å². The Kier molecular flexibility index (Phi) is 7.67. The minimum absolute atomic E-state index is 0.0486. The molecule has 0 bridgehead atoms. The number of amides is 1. The van der Waals surface area contributed by atoms with Gasteiger partial charge in [-0.05, 0) is 63.9 Å². The van der Waals surface area contributed by atoms with Crippen LogP contribution in [0.25, 0.3) is 11.1 Å². The molecular formula is C32H33NO2. The standard InChI is InChI=1S/C32H33NO2/c1-32(2,3)29-17-9-24(10-18-29)21-22-33-31(34)28-13-11-26(12-14-28)27-15-19-30(20-16-27)35-23-25-7-5-4-6-8-25/h4-20H,21-23H2,1-3H3,(H,33,34). The van der Waals surface area contributed by atoms with Crippen LogP contribution in [0.1, 0.15) is 47.8 Å². The van der Waals surface area contributed by atoms with Gasteiger partial charge in [0.05, 0.1) is 0 Å². The number of ether oxygens (including phenoxy) is 1.